The molecule has 0 spiro atoms. The van der Waals surface area contributed by atoms with E-state index >= 15 is 0 Å². The van der Waals surface area contributed by atoms with Gasteiger partial charge in [-0.3, -0.25) is 4.79 Å². The maximum absolute atomic E-state index is 12.5. The molecule has 5 nitrogen and oxygen atoms in total. The summed E-state index contributed by atoms with van der Waals surface area (Å²) in [5, 5.41) is 0. The zero-order valence-electron chi connectivity index (χ0n) is 14.0. The van der Waals surface area contributed by atoms with Crippen molar-refractivity contribution in [3.63, 3.8) is 0 Å². The molecule has 26 heavy (non-hydrogen) atoms. The van der Waals surface area contributed by atoms with Gasteiger partial charge in [0, 0.05) is 17.8 Å². The first kappa shape index (κ1) is 18.0. The molecule has 0 atom stereocenters. The molecular formula is C18H17F3N2O3. The molecule has 2 heterocycles. The first-order valence-electron chi connectivity index (χ1n) is 8.09. The van der Waals surface area contributed by atoms with E-state index in [1.54, 1.807) is 29.2 Å². The highest BCUT2D eigenvalue weighted by Gasteiger charge is 2.34. The Hall–Kier alpha value is -2.77. The maximum atomic E-state index is 12.5. The molecule has 1 aliphatic heterocycles. The number of hydrogen-bond acceptors (Lipinski definition) is 4. The molecule has 1 amide bonds. The summed E-state index contributed by atoms with van der Waals surface area (Å²) in [5.74, 6) is 0.673. The molecule has 0 aliphatic carbocycles. The summed E-state index contributed by atoms with van der Waals surface area (Å²) >= 11 is 0. The highest BCUT2D eigenvalue weighted by atomic mass is 19.4. The van der Waals surface area contributed by atoms with Gasteiger partial charge in [0.2, 0.25) is 5.88 Å². The maximum Gasteiger partial charge on any atom is 0.417 e. The molecule has 2 aromatic rings. The van der Waals surface area contributed by atoms with Crippen LogP contribution < -0.4 is 9.47 Å². The number of amides is 1. The Labute approximate surface area is 148 Å². The average molecular weight is 366 g/mol. The summed E-state index contributed by atoms with van der Waals surface area (Å²) in [6.07, 6.45) is -3.98. The molecule has 3 rings (SSSR count). The highest BCUT2D eigenvalue weighted by molar-refractivity contribution is 5.94. The van der Waals surface area contributed by atoms with Crippen molar-refractivity contribution in [3.8, 4) is 11.6 Å². The minimum Gasteiger partial charge on any atom is -0.494 e. The van der Waals surface area contributed by atoms with E-state index in [1.165, 1.54) is 6.07 Å². The van der Waals surface area contributed by atoms with Crippen LogP contribution >= 0.6 is 0 Å². The molecule has 138 valence electrons. The fourth-order valence-corrected chi connectivity index (χ4v) is 2.51. The fourth-order valence-electron chi connectivity index (χ4n) is 2.51. The van der Waals surface area contributed by atoms with Crippen molar-refractivity contribution in [3.05, 3.63) is 53.7 Å². The van der Waals surface area contributed by atoms with Crippen LogP contribution in [0.15, 0.2) is 42.6 Å². The lowest BCUT2D eigenvalue weighted by molar-refractivity contribution is -0.137. The van der Waals surface area contributed by atoms with E-state index in [0.29, 0.717) is 31.0 Å². The van der Waals surface area contributed by atoms with Gasteiger partial charge in [0.05, 0.1) is 25.3 Å². The Morgan fingerprint density at radius 3 is 2.42 bits per heavy atom. The number of pyridine rings is 1. The molecule has 0 saturated carbocycles. The van der Waals surface area contributed by atoms with E-state index in [9.17, 15) is 18.0 Å². The number of carbonyl (C=O) groups excluding carboxylic acids is 1. The Balaban J connectivity index is 1.51. The SMILES string of the molecule is CCOc1ccc(C(=O)N2CC(Oc3ccc(C(F)(F)F)cn3)C2)cc1. The zero-order chi connectivity index (χ0) is 18.7. The van der Waals surface area contributed by atoms with Crippen molar-refractivity contribution in [1.82, 2.24) is 9.88 Å². The average Bonchev–Trinajstić information content (AvgIpc) is 2.58. The van der Waals surface area contributed by atoms with E-state index < -0.39 is 11.7 Å². The quantitative estimate of drug-likeness (QED) is 0.814. The summed E-state index contributed by atoms with van der Waals surface area (Å²) in [6.45, 7) is 3.14. The van der Waals surface area contributed by atoms with Crippen molar-refractivity contribution in [1.29, 1.82) is 0 Å². The monoisotopic (exact) mass is 366 g/mol. The third-order valence-electron chi connectivity index (χ3n) is 3.90. The predicted molar refractivity (Wildman–Crippen MR) is 87.2 cm³/mol. The van der Waals surface area contributed by atoms with Gasteiger partial charge >= 0.3 is 6.18 Å². The molecule has 0 bridgehead atoms. The van der Waals surface area contributed by atoms with Crippen molar-refractivity contribution in [2.45, 2.75) is 19.2 Å². The number of hydrogen-bond donors (Lipinski definition) is 0. The van der Waals surface area contributed by atoms with E-state index in [4.69, 9.17) is 9.47 Å². The van der Waals surface area contributed by atoms with Crippen LogP contribution in [0.4, 0.5) is 13.2 Å². The minimum absolute atomic E-state index is 0.108. The Kier molecular flexibility index (Phi) is 5.01. The molecule has 1 fully saturated rings. The summed E-state index contributed by atoms with van der Waals surface area (Å²) in [5.41, 5.74) is -0.287. The van der Waals surface area contributed by atoms with Gasteiger partial charge in [0.15, 0.2) is 0 Å². The van der Waals surface area contributed by atoms with Crippen molar-refractivity contribution in [2.75, 3.05) is 19.7 Å². The lowest BCUT2D eigenvalue weighted by Gasteiger charge is -2.38. The minimum atomic E-state index is -4.43. The Morgan fingerprint density at radius 1 is 1.19 bits per heavy atom. The second-order valence-corrected chi connectivity index (χ2v) is 5.79. The number of likely N-dealkylation sites (tertiary alicyclic amines) is 1. The lowest BCUT2D eigenvalue weighted by atomic mass is 10.1. The molecule has 1 aromatic heterocycles. The van der Waals surface area contributed by atoms with Crippen molar-refractivity contribution >= 4 is 5.91 Å². The third kappa shape index (κ3) is 4.07. The number of aromatic nitrogens is 1. The van der Waals surface area contributed by atoms with Crippen LogP contribution in [0.25, 0.3) is 0 Å². The van der Waals surface area contributed by atoms with Crippen LogP contribution in [0.5, 0.6) is 11.6 Å². The largest absolute Gasteiger partial charge is 0.494 e. The van der Waals surface area contributed by atoms with E-state index in [2.05, 4.69) is 4.98 Å². The van der Waals surface area contributed by atoms with Crippen LogP contribution in [0.1, 0.15) is 22.8 Å². The topological polar surface area (TPSA) is 51.7 Å². The summed E-state index contributed by atoms with van der Waals surface area (Å²) in [4.78, 5) is 17.6. The van der Waals surface area contributed by atoms with Gasteiger partial charge in [-0.2, -0.15) is 13.2 Å². The molecule has 1 aromatic carbocycles. The predicted octanol–water partition coefficient (Wildman–Crippen LogP) is 3.40. The normalized spacial score (nSPS) is 14.7. The van der Waals surface area contributed by atoms with Crippen LogP contribution in [0.2, 0.25) is 0 Å². The smallest absolute Gasteiger partial charge is 0.417 e. The number of carbonyl (C=O) groups is 1. The number of rotatable bonds is 5. The molecule has 1 saturated heterocycles. The second-order valence-electron chi connectivity index (χ2n) is 5.79. The molecular weight excluding hydrogens is 349 g/mol. The van der Waals surface area contributed by atoms with Gasteiger partial charge in [0.1, 0.15) is 11.9 Å². The number of alkyl halides is 3. The Morgan fingerprint density at radius 2 is 1.88 bits per heavy atom. The van der Waals surface area contributed by atoms with Gasteiger partial charge < -0.3 is 14.4 Å². The molecule has 1 aliphatic rings. The van der Waals surface area contributed by atoms with Crippen molar-refractivity contribution < 1.29 is 27.4 Å². The number of benzene rings is 1. The first-order chi connectivity index (χ1) is 12.4. The number of halogens is 3. The first-order valence-corrected chi connectivity index (χ1v) is 8.09. The number of nitrogens with zero attached hydrogens (tertiary/aromatic N) is 2. The van der Waals surface area contributed by atoms with Crippen molar-refractivity contribution in [2.24, 2.45) is 0 Å². The second kappa shape index (κ2) is 7.23. The fraction of sp³-hybridized carbons (Fsp3) is 0.333. The third-order valence-corrected chi connectivity index (χ3v) is 3.90. The summed E-state index contributed by atoms with van der Waals surface area (Å²) in [7, 11) is 0. The highest BCUT2D eigenvalue weighted by Crippen LogP contribution is 2.29. The van der Waals surface area contributed by atoms with Gasteiger partial charge in [-0.15, -0.1) is 0 Å². The Bertz CT molecular complexity index is 755. The van der Waals surface area contributed by atoms with E-state index in [0.717, 1.165) is 12.3 Å². The molecule has 0 N–H and O–H groups in total. The van der Waals surface area contributed by atoms with Gasteiger partial charge in [-0.05, 0) is 37.3 Å². The van der Waals surface area contributed by atoms with Crippen LogP contribution in [-0.2, 0) is 6.18 Å². The molecule has 0 unspecified atom stereocenters. The van der Waals surface area contributed by atoms with Crippen LogP contribution in [0, 0.1) is 0 Å². The lowest BCUT2D eigenvalue weighted by Crippen LogP contribution is -2.56. The molecule has 8 heteroatoms. The van der Waals surface area contributed by atoms with E-state index in [1.807, 2.05) is 6.92 Å². The molecule has 0 radical (unpaired) electrons. The standard InChI is InChI=1S/C18H17F3N2O3/c1-2-25-14-6-3-12(4-7-14)17(24)23-10-15(11-23)26-16-8-5-13(9-22-16)18(19,20)21/h3-9,15H,2,10-11H2,1H3. The zero-order valence-corrected chi connectivity index (χ0v) is 14.0. The summed E-state index contributed by atoms with van der Waals surface area (Å²) < 4.78 is 48.3. The van der Waals surface area contributed by atoms with Crippen LogP contribution in [-0.4, -0.2) is 41.6 Å². The van der Waals surface area contributed by atoms with E-state index in [-0.39, 0.29) is 17.9 Å². The number of ether oxygens (including phenoxy) is 2. The van der Waals surface area contributed by atoms with Gasteiger partial charge in [-0.1, -0.05) is 0 Å². The summed E-state index contributed by atoms with van der Waals surface area (Å²) in [6, 6.07) is 8.95. The van der Waals surface area contributed by atoms with Gasteiger partial charge in [-0.25, -0.2) is 4.98 Å². The van der Waals surface area contributed by atoms with Crippen LogP contribution in [0.3, 0.4) is 0 Å². The van der Waals surface area contributed by atoms with Gasteiger partial charge in [0.25, 0.3) is 5.91 Å².